The molecule has 1 aliphatic rings. The van der Waals surface area contributed by atoms with Crippen LogP contribution in [-0.4, -0.2) is 13.2 Å². The molecule has 1 saturated carbocycles. The second-order valence-corrected chi connectivity index (χ2v) is 6.32. The monoisotopic (exact) mass is 261 g/mol. The predicted octanol–water partition coefficient (Wildman–Crippen LogP) is 4.31. The smallest absolute Gasteiger partial charge is 0.120 e. The Hall–Kier alpha value is -1.02. The van der Waals surface area contributed by atoms with Crippen molar-refractivity contribution in [3.8, 4) is 5.75 Å². The summed E-state index contributed by atoms with van der Waals surface area (Å²) in [4.78, 5) is 0. The Labute approximate surface area is 117 Å². The molecule has 1 atom stereocenters. The predicted molar refractivity (Wildman–Crippen MR) is 80.6 cm³/mol. The van der Waals surface area contributed by atoms with Gasteiger partial charge in [0.05, 0.1) is 6.10 Å². The lowest BCUT2D eigenvalue weighted by Crippen LogP contribution is -2.32. The van der Waals surface area contributed by atoms with Crippen LogP contribution >= 0.6 is 0 Å². The van der Waals surface area contributed by atoms with Crippen LogP contribution in [0.4, 0.5) is 0 Å². The zero-order chi connectivity index (χ0) is 13.9. The number of benzene rings is 1. The Morgan fingerprint density at radius 3 is 2.47 bits per heavy atom. The van der Waals surface area contributed by atoms with Gasteiger partial charge in [0.2, 0.25) is 0 Å². The second kappa shape index (κ2) is 5.96. The molecule has 1 unspecified atom stereocenters. The number of hydrogen-bond acceptors (Lipinski definition) is 2. The zero-order valence-electron chi connectivity index (χ0n) is 12.7. The molecule has 0 bridgehead atoms. The minimum Gasteiger partial charge on any atom is -0.491 e. The Kier molecular flexibility index (Phi) is 4.51. The van der Waals surface area contributed by atoms with E-state index in [1.807, 2.05) is 6.07 Å². The van der Waals surface area contributed by atoms with Gasteiger partial charge in [-0.15, -0.1) is 0 Å². The molecule has 1 aromatic rings. The van der Waals surface area contributed by atoms with Gasteiger partial charge in [-0.3, -0.25) is 0 Å². The summed E-state index contributed by atoms with van der Waals surface area (Å²) >= 11 is 0. The fourth-order valence-electron chi connectivity index (χ4n) is 3.43. The largest absolute Gasteiger partial charge is 0.491 e. The third kappa shape index (κ3) is 3.30. The van der Waals surface area contributed by atoms with Gasteiger partial charge in [-0.05, 0) is 56.8 Å². The van der Waals surface area contributed by atoms with Gasteiger partial charge in [0.25, 0.3) is 0 Å². The van der Waals surface area contributed by atoms with Crippen LogP contribution in [0.1, 0.15) is 58.1 Å². The normalized spacial score (nSPS) is 19.6. The number of rotatable bonds is 5. The molecule has 2 nitrogen and oxygen atoms in total. The van der Waals surface area contributed by atoms with E-state index in [-0.39, 0.29) is 6.10 Å². The van der Waals surface area contributed by atoms with Crippen molar-refractivity contribution in [2.24, 2.45) is 5.41 Å². The molecule has 0 radical (unpaired) electrons. The van der Waals surface area contributed by atoms with Crippen LogP contribution in [0.3, 0.4) is 0 Å². The molecule has 0 amide bonds. The van der Waals surface area contributed by atoms with Crippen LogP contribution in [0.15, 0.2) is 24.3 Å². The topological polar surface area (TPSA) is 21.3 Å². The van der Waals surface area contributed by atoms with Crippen LogP contribution in [0.25, 0.3) is 0 Å². The molecule has 0 spiro atoms. The van der Waals surface area contributed by atoms with E-state index in [9.17, 15) is 0 Å². The molecule has 19 heavy (non-hydrogen) atoms. The summed E-state index contributed by atoms with van der Waals surface area (Å²) in [6.45, 7) is 6.55. The van der Waals surface area contributed by atoms with Gasteiger partial charge in [-0.25, -0.2) is 0 Å². The highest BCUT2D eigenvalue weighted by Gasteiger charge is 2.37. The van der Waals surface area contributed by atoms with Gasteiger partial charge in [-0.1, -0.05) is 31.9 Å². The molecular weight excluding hydrogens is 234 g/mol. The molecule has 0 aromatic heterocycles. The SMILES string of the molecule is CNC(c1cccc(OC(C)C)c1)C1(C)CCCC1. The van der Waals surface area contributed by atoms with Crippen LogP contribution in [-0.2, 0) is 0 Å². The summed E-state index contributed by atoms with van der Waals surface area (Å²) in [5.74, 6) is 0.981. The van der Waals surface area contributed by atoms with Gasteiger partial charge in [0, 0.05) is 6.04 Å². The Morgan fingerprint density at radius 1 is 1.21 bits per heavy atom. The van der Waals surface area contributed by atoms with E-state index in [4.69, 9.17) is 4.74 Å². The average Bonchev–Trinajstić information content (AvgIpc) is 2.77. The van der Waals surface area contributed by atoms with Gasteiger partial charge < -0.3 is 10.1 Å². The van der Waals surface area contributed by atoms with E-state index in [0.717, 1.165) is 5.75 Å². The Morgan fingerprint density at radius 2 is 1.89 bits per heavy atom. The van der Waals surface area contributed by atoms with Crippen molar-refractivity contribution in [3.63, 3.8) is 0 Å². The summed E-state index contributed by atoms with van der Waals surface area (Å²) in [6, 6.07) is 9.00. The summed E-state index contributed by atoms with van der Waals surface area (Å²) in [7, 11) is 2.07. The van der Waals surface area contributed by atoms with E-state index >= 15 is 0 Å². The fourth-order valence-corrected chi connectivity index (χ4v) is 3.43. The van der Waals surface area contributed by atoms with Gasteiger partial charge in [0.15, 0.2) is 0 Å². The number of ether oxygens (including phenoxy) is 1. The molecule has 1 aromatic carbocycles. The highest BCUT2D eigenvalue weighted by molar-refractivity contribution is 5.32. The Bertz CT molecular complexity index is 407. The fraction of sp³-hybridized carbons (Fsp3) is 0.647. The van der Waals surface area contributed by atoms with Crippen LogP contribution < -0.4 is 10.1 Å². The molecule has 2 rings (SSSR count). The second-order valence-electron chi connectivity index (χ2n) is 6.32. The summed E-state index contributed by atoms with van der Waals surface area (Å²) < 4.78 is 5.82. The summed E-state index contributed by atoms with van der Waals surface area (Å²) in [5.41, 5.74) is 1.73. The van der Waals surface area contributed by atoms with E-state index in [2.05, 4.69) is 51.3 Å². The third-order valence-electron chi connectivity index (χ3n) is 4.29. The van der Waals surface area contributed by atoms with Crippen molar-refractivity contribution in [2.75, 3.05) is 7.05 Å². The third-order valence-corrected chi connectivity index (χ3v) is 4.29. The lowest BCUT2D eigenvalue weighted by molar-refractivity contribution is 0.228. The first-order valence-electron chi connectivity index (χ1n) is 7.49. The van der Waals surface area contributed by atoms with Crippen LogP contribution in [0.5, 0.6) is 5.75 Å². The van der Waals surface area contributed by atoms with Crippen molar-refractivity contribution < 1.29 is 4.74 Å². The summed E-state index contributed by atoms with van der Waals surface area (Å²) in [5, 5.41) is 3.53. The molecular formula is C17H27NO. The Balaban J connectivity index is 2.23. The minimum atomic E-state index is 0.227. The van der Waals surface area contributed by atoms with Crippen LogP contribution in [0, 0.1) is 5.41 Å². The maximum atomic E-state index is 5.82. The molecule has 1 aliphatic carbocycles. The van der Waals surface area contributed by atoms with Crippen molar-refractivity contribution in [3.05, 3.63) is 29.8 Å². The van der Waals surface area contributed by atoms with Crippen molar-refractivity contribution in [1.29, 1.82) is 0 Å². The van der Waals surface area contributed by atoms with Crippen molar-refractivity contribution in [2.45, 2.75) is 58.6 Å². The van der Waals surface area contributed by atoms with Crippen LogP contribution in [0.2, 0.25) is 0 Å². The standard InChI is InChI=1S/C17H27NO/c1-13(2)19-15-9-7-8-14(12-15)16(18-4)17(3)10-5-6-11-17/h7-9,12-13,16,18H,5-6,10-11H2,1-4H3. The molecule has 1 fully saturated rings. The van der Waals surface area contributed by atoms with E-state index in [1.54, 1.807) is 0 Å². The van der Waals surface area contributed by atoms with Gasteiger partial charge >= 0.3 is 0 Å². The first-order chi connectivity index (χ1) is 9.05. The van der Waals surface area contributed by atoms with Crippen molar-refractivity contribution in [1.82, 2.24) is 5.32 Å². The zero-order valence-corrected chi connectivity index (χ0v) is 12.7. The quantitative estimate of drug-likeness (QED) is 0.852. The molecule has 0 aliphatic heterocycles. The molecule has 0 heterocycles. The maximum Gasteiger partial charge on any atom is 0.120 e. The summed E-state index contributed by atoms with van der Waals surface area (Å²) in [6.07, 6.45) is 5.57. The lowest BCUT2D eigenvalue weighted by Gasteiger charge is -2.34. The molecule has 0 saturated heterocycles. The molecule has 106 valence electrons. The molecule has 2 heteroatoms. The number of nitrogens with one attached hydrogen (secondary N) is 1. The minimum absolute atomic E-state index is 0.227. The number of hydrogen-bond donors (Lipinski definition) is 1. The average molecular weight is 261 g/mol. The van der Waals surface area contributed by atoms with E-state index < -0.39 is 0 Å². The maximum absolute atomic E-state index is 5.82. The van der Waals surface area contributed by atoms with Crippen molar-refractivity contribution >= 4 is 0 Å². The molecule has 1 N–H and O–H groups in total. The van der Waals surface area contributed by atoms with E-state index in [1.165, 1.54) is 31.2 Å². The van der Waals surface area contributed by atoms with Gasteiger partial charge in [-0.2, -0.15) is 0 Å². The first-order valence-corrected chi connectivity index (χ1v) is 7.49. The first kappa shape index (κ1) is 14.4. The highest BCUT2D eigenvalue weighted by Crippen LogP contribution is 2.47. The highest BCUT2D eigenvalue weighted by atomic mass is 16.5. The van der Waals surface area contributed by atoms with Gasteiger partial charge in [0.1, 0.15) is 5.75 Å². The lowest BCUT2D eigenvalue weighted by atomic mass is 9.77. The van der Waals surface area contributed by atoms with E-state index in [0.29, 0.717) is 11.5 Å².